The van der Waals surface area contributed by atoms with Gasteiger partial charge in [-0.25, -0.2) is 4.98 Å². The standard InChI is InChI=1S/C14H14ClN3OS/c15-11-3-1-10(2-4-11)13(19)18-7-5-12(9-18)17-14-16-6-8-20-14/h1-4,6,8,12H,5,7,9H2,(H,16,17). The molecule has 0 spiro atoms. The van der Waals surface area contributed by atoms with Gasteiger partial charge in [0.2, 0.25) is 0 Å². The molecule has 1 atom stereocenters. The van der Waals surface area contributed by atoms with E-state index in [1.807, 2.05) is 10.3 Å². The number of nitrogens with one attached hydrogen (secondary N) is 1. The average Bonchev–Trinajstić information content (AvgIpc) is 3.11. The van der Waals surface area contributed by atoms with Gasteiger partial charge < -0.3 is 10.2 Å². The molecule has 1 unspecified atom stereocenters. The summed E-state index contributed by atoms with van der Waals surface area (Å²) in [6, 6.07) is 7.31. The minimum Gasteiger partial charge on any atom is -0.357 e. The predicted octanol–water partition coefficient (Wildman–Crippen LogP) is 3.12. The summed E-state index contributed by atoms with van der Waals surface area (Å²) in [5.74, 6) is 0.0603. The van der Waals surface area contributed by atoms with E-state index < -0.39 is 0 Å². The van der Waals surface area contributed by atoms with E-state index in [9.17, 15) is 4.79 Å². The van der Waals surface area contributed by atoms with Gasteiger partial charge in [0.25, 0.3) is 5.91 Å². The van der Waals surface area contributed by atoms with Crippen molar-refractivity contribution in [2.24, 2.45) is 0 Å². The van der Waals surface area contributed by atoms with E-state index >= 15 is 0 Å². The first-order chi connectivity index (χ1) is 9.72. The first kappa shape index (κ1) is 13.4. The molecule has 4 nitrogen and oxygen atoms in total. The van der Waals surface area contributed by atoms with E-state index in [0.717, 1.165) is 18.1 Å². The molecule has 1 fully saturated rings. The van der Waals surface area contributed by atoms with Crippen molar-refractivity contribution in [3.63, 3.8) is 0 Å². The number of hydrogen-bond donors (Lipinski definition) is 1. The second-order valence-electron chi connectivity index (χ2n) is 4.73. The van der Waals surface area contributed by atoms with Crippen LogP contribution in [0, 0.1) is 0 Å². The zero-order chi connectivity index (χ0) is 13.9. The third-order valence-electron chi connectivity index (χ3n) is 3.33. The van der Waals surface area contributed by atoms with Crippen LogP contribution in [-0.4, -0.2) is 34.9 Å². The largest absolute Gasteiger partial charge is 0.357 e. The van der Waals surface area contributed by atoms with Crippen molar-refractivity contribution in [2.45, 2.75) is 12.5 Å². The lowest BCUT2D eigenvalue weighted by molar-refractivity contribution is 0.0791. The van der Waals surface area contributed by atoms with Gasteiger partial charge in [-0.1, -0.05) is 11.6 Å². The number of thiazole rings is 1. The van der Waals surface area contributed by atoms with Crippen LogP contribution in [0.25, 0.3) is 0 Å². The third-order valence-corrected chi connectivity index (χ3v) is 4.28. The van der Waals surface area contributed by atoms with Gasteiger partial charge in [-0.05, 0) is 30.7 Å². The fraction of sp³-hybridized carbons (Fsp3) is 0.286. The molecular formula is C14H14ClN3OS. The van der Waals surface area contributed by atoms with E-state index in [1.165, 1.54) is 0 Å². The van der Waals surface area contributed by atoms with Crippen LogP contribution < -0.4 is 5.32 Å². The molecule has 2 aromatic rings. The van der Waals surface area contributed by atoms with E-state index in [1.54, 1.807) is 41.8 Å². The molecule has 0 saturated carbocycles. The molecule has 2 heterocycles. The summed E-state index contributed by atoms with van der Waals surface area (Å²) in [5.41, 5.74) is 0.685. The fourth-order valence-corrected chi connectivity index (χ4v) is 3.04. The highest BCUT2D eigenvalue weighted by molar-refractivity contribution is 7.13. The van der Waals surface area contributed by atoms with Crippen LogP contribution >= 0.6 is 22.9 Å². The molecule has 0 aliphatic carbocycles. The Bertz CT molecular complexity index is 585. The van der Waals surface area contributed by atoms with Crippen molar-refractivity contribution in [3.8, 4) is 0 Å². The Kier molecular flexibility index (Phi) is 3.89. The van der Waals surface area contributed by atoms with E-state index in [2.05, 4.69) is 10.3 Å². The molecule has 20 heavy (non-hydrogen) atoms. The van der Waals surface area contributed by atoms with Crippen LogP contribution in [0.2, 0.25) is 5.02 Å². The van der Waals surface area contributed by atoms with E-state index in [4.69, 9.17) is 11.6 Å². The second-order valence-corrected chi connectivity index (χ2v) is 6.06. The smallest absolute Gasteiger partial charge is 0.253 e. The number of benzene rings is 1. The lowest BCUT2D eigenvalue weighted by Gasteiger charge is -2.17. The number of carbonyl (C=O) groups is 1. The Balaban J connectivity index is 1.62. The summed E-state index contributed by atoms with van der Waals surface area (Å²) < 4.78 is 0. The van der Waals surface area contributed by atoms with Crippen LogP contribution in [0.4, 0.5) is 5.13 Å². The topological polar surface area (TPSA) is 45.2 Å². The Morgan fingerprint density at radius 3 is 2.90 bits per heavy atom. The van der Waals surface area contributed by atoms with Crippen molar-refractivity contribution >= 4 is 34.0 Å². The van der Waals surface area contributed by atoms with Gasteiger partial charge in [0, 0.05) is 41.3 Å². The fourth-order valence-electron chi connectivity index (χ4n) is 2.31. The molecule has 3 rings (SSSR count). The highest BCUT2D eigenvalue weighted by atomic mass is 35.5. The molecule has 6 heteroatoms. The number of nitrogens with zero attached hydrogens (tertiary/aromatic N) is 2. The third kappa shape index (κ3) is 2.94. The normalized spacial score (nSPS) is 18.2. The van der Waals surface area contributed by atoms with Gasteiger partial charge in [0.05, 0.1) is 0 Å². The second kappa shape index (κ2) is 5.81. The summed E-state index contributed by atoms with van der Waals surface area (Å²) in [4.78, 5) is 18.4. The maximum Gasteiger partial charge on any atom is 0.253 e. The number of carbonyl (C=O) groups excluding carboxylic acids is 1. The Morgan fingerprint density at radius 2 is 2.20 bits per heavy atom. The summed E-state index contributed by atoms with van der Waals surface area (Å²) in [6.07, 6.45) is 2.72. The lowest BCUT2D eigenvalue weighted by Crippen LogP contribution is -2.31. The van der Waals surface area contributed by atoms with Crippen LogP contribution in [-0.2, 0) is 0 Å². The summed E-state index contributed by atoms with van der Waals surface area (Å²) in [6.45, 7) is 1.48. The van der Waals surface area contributed by atoms with Gasteiger partial charge in [-0.2, -0.15) is 0 Å². The van der Waals surface area contributed by atoms with Crippen molar-refractivity contribution in [3.05, 3.63) is 46.4 Å². The zero-order valence-electron chi connectivity index (χ0n) is 10.8. The Hall–Kier alpha value is -1.59. The maximum absolute atomic E-state index is 12.3. The number of halogens is 1. The summed E-state index contributed by atoms with van der Waals surface area (Å²) in [7, 11) is 0. The molecule has 1 aromatic heterocycles. The van der Waals surface area contributed by atoms with Gasteiger partial charge >= 0.3 is 0 Å². The minimum atomic E-state index is 0.0603. The Morgan fingerprint density at radius 1 is 1.40 bits per heavy atom. The molecule has 0 radical (unpaired) electrons. The number of amides is 1. The molecule has 1 saturated heterocycles. The van der Waals surface area contributed by atoms with Gasteiger partial charge in [0.15, 0.2) is 5.13 Å². The zero-order valence-corrected chi connectivity index (χ0v) is 12.3. The predicted molar refractivity (Wildman–Crippen MR) is 81.5 cm³/mol. The van der Waals surface area contributed by atoms with Crippen molar-refractivity contribution in [2.75, 3.05) is 18.4 Å². The van der Waals surface area contributed by atoms with Crippen molar-refractivity contribution in [1.82, 2.24) is 9.88 Å². The molecule has 1 aliphatic rings. The molecule has 1 amide bonds. The summed E-state index contributed by atoms with van der Waals surface area (Å²) >= 11 is 7.42. The van der Waals surface area contributed by atoms with E-state index in [0.29, 0.717) is 17.1 Å². The summed E-state index contributed by atoms with van der Waals surface area (Å²) in [5, 5.41) is 6.85. The van der Waals surface area contributed by atoms with Gasteiger partial charge in [0.1, 0.15) is 0 Å². The molecule has 1 N–H and O–H groups in total. The number of aromatic nitrogens is 1. The maximum atomic E-state index is 12.3. The minimum absolute atomic E-state index is 0.0603. The van der Waals surface area contributed by atoms with Crippen LogP contribution in [0.5, 0.6) is 0 Å². The molecule has 0 bridgehead atoms. The van der Waals surface area contributed by atoms with Crippen LogP contribution in [0.3, 0.4) is 0 Å². The SMILES string of the molecule is O=C(c1ccc(Cl)cc1)N1CCC(Nc2nccs2)C1. The first-order valence-corrected chi connectivity index (χ1v) is 7.69. The van der Waals surface area contributed by atoms with Crippen molar-refractivity contribution in [1.29, 1.82) is 0 Å². The highest BCUT2D eigenvalue weighted by Crippen LogP contribution is 2.20. The number of anilines is 1. The number of likely N-dealkylation sites (tertiary alicyclic amines) is 1. The molecule has 1 aliphatic heterocycles. The number of hydrogen-bond acceptors (Lipinski definition) is 4. The monoisotopic (exact) mass is 307 g/mol. The molecule has 104 valence electrons. The van der Waals surface area contributed by atoms with Gasteiger partial charge in [-0.15, -0.1) is 11.3 Å². The quantitative estimate of drug-likeness (QED) is 0.947. The average molecular weight is 308 g/mol. The highest BCUT2D eigenvalue weighted by Gasteiger charge is 2.27. The molecule has 1 aromatic carbocycles. The van der Waals surface area contributed by atoms with Crippen LogP contribution in [0.1, 0.15) is 16.8 Å². The lowest BCUT2D eigenvalue weighted by atomic mass is 10.2. The van der Waals surface area contributed by atoms with Gasteiger partial charge in [-0.3, -0.25) is 4.79 Å². The Labute approximate surface area is 126 Å². The van der Waals surface area contributed by atoms with Crippen LogP contribution in [0.15, 0.2) is 35.8 Å². The van der Waals surface area contributed by atoms with Crippen molar-refractivity contribution < 1.29 is 4.79 Å². The molecular weight excluding hydrogens is 294 g/mol. The first-order valence-electron chi connectivity index (χ1n) is 6.43. The van der Waals surface area contributed by atoms with E-state index in [-0.39, 0.29) is 11.9 Å². The number of rotatable bonds is 3.